The lowest BCUT2D eigenvalue weighted by molar-refractivity contribution is -0.117. The van der Waals surface area contributed by atoms with Crippen molar-refractivity contribution in [2.24, 2.45) is 5.92 Å². The fourth-order valence-electron chi connectivity index (χ4n) is 2.10. The molecule has 2 nitrogen and oxygen atoms in total. The number of unbranched alkanes of at least 4 members (excludes halogenated alkanes) is 2. The van der Waals surface area contributed by atoms with Crippen LogP contribution in [0.3, 0.4) is 0 Å². The van der Waals surface area contributed by atoms with Crippen molar-refractivity contribution in [3.05, 3.63) is 29.6 Å². The minimum atomic E-state index is -0.293. The van der Waals surface area contributed by atoms with Gasteiger partial charge in [-0.05, 0) is 56.2 Å². The molecular formula is C20H33FO2. The van der Waals surface area contributed by atoms with Gasteiger partial charge in [0.15, 0.2) is 11.6 Å². The molecule has 0 radical (unpaired) electrons. The number of Topliss-reactive ketones (excluding diaryl/α,β-unsaturated/α-hetero) is 1. The average molecular weight is 324 g/mol. The van der Waals surface area contributed by atoms with Gasteiger partial charge in [-0.25, -0.2) is 4.39 Å². The maximum atomic E-state index is 13.7. The molecule has 0 aliphatic carbocycles. The van der Waals surface area contributed by atoms with Crippen LogP contribution in [0.25, 0.3) is 0 Å². The molecule has 132 valence electrons. The molecule has 0 unspecified atom stereocenters. The molecule has 0 spiro atoms. The van der Waals surface area contributed by atoms with Crippen LogP contribution in [0.5, 0.6) is 5.75 Å². The highest BCUT2D eigenvalue weighted by Gasteiger charge is 2.06. The van der Waals surface area contributed by atoms with E-state index in [0.717, 1.165) is 37.7 Å². The number of ketones is 1. The Hall–Kier alpha value is -1.38. The molecule has 0 N–H and O–H groups in total. The van der Waals surface area contributed by atoms with E-state index in [1.807, 2.05) is 19.9 Å². The minimum Gasteiger partial charge on any atom is -0.490 e. The highest BCUT2D eigenvalue weighted by Crippen LogP contribution is 2.21. The molecule has 0 atom stereocenters. The molecule has 1 aromatic rings. The quantitative estimate of drug-likeness (QED) is 0.496. The van der Waals surface area contributed by atoms with Gasteiger partial charge in [0.25, 0.3) is 0 Å². The summed E-state index contributed by atoms with van der Waals surface area (Å²) in [5.74, 6) is 0.867. The predicted molar refractivity (Wildman–Crippen MR) is 95.6 cm³/mol. The first-order valence-electron chi connectivity index (χ1n) is 8.89. The van der Waals surface area contributed by atoms with Gasteiger partial charge in [0.1, 0.15) is 5.78 Å². The molecule has 0 amide bonds. The van der Waals surface area contributed by atoms with Crippen LogP contribution in [-0.4, -0.2) is 12.4 Å². The summed E-state index contributed by atoms with van der Waals surface area (Å²) < 4.78 is 19.2. The number of benzene rings is 1. The molecule has 0 bridgehead atoms. The Labute approximate surface area is 141 Å². The van der Waals surface area contributed by atoms with Crippen molar-refractivity contribution in [3.8, 4) is 5.75 Å². The third-order valence-corrected chi connectivity index (χ3v) is 3.44. The maximum absolute atomic E-state index is 13.7. The van der Waals surface area contributed by atoms with E-state index in [4.69, 9.17) is 4.74 Å². The number of halogens is 1. The van der Waals surface area contributed by atoms with Gasteiger partial charge in [0.05, 0.1) is 6.61 Å². The topological polar surface area (TPSA) is 26.3 Å². The fourth-order valence-corrected chi connectivity index (χ4v) is 2.10. The van der Waals surface area contributed by atoms with Crippen molar-refractivity contribution >= 4 is 5.78 Å². The van der Waals surface area contributed by atoms with Crippen LogP contribution in [0.2, 0.25) is 0 Å². The largest absolute Gasteiger partial charge is 0.490 e. The molecule has 0 aliphatic rings. The van der Waals surface area contributed by atoms with Gasteiger partial charge < -0.3 is 9.53 Å². The smallest absolute Gasteiger partial charge is 0.165 e. The molecule has 0 aromatic heterocycles. The van der Waals surface area contributed by atoms with Gasteiger partial charge in [-0.15, -0.1) is 0 Å². The number of carbonyl (C=O) groups excluding carboxylic acids is 1. The van der Waals surface area contributed by atoms with Crippen molar-refractivity contribution in [3.63, 3.8) is 0 Å². The SMILES string of the molecule is CC.CC(=O)CCCCCc1ccc(F)c(OCCC(C)C)c1. The van der Waals surface area contributed by atoms with Crippen LogP contribution in [0.15, 0.2) is 18.2 Å². The summed E-state index contributed by atoms with van der Waals surface area (Å²) in [5, 5.41) is 0. The number of hydrogen-bond acceptors (Lipinski definition) is 2. The summed E-state index contributed by atoms with van der Waals surface area (Å²) in [7, 11) is 0. The zero-order chi connectivity index (χ0) is 17.7. The standard InChI is InChI=1S/C18H27FO2.C2H6/c1-14(2)11-12-21-18-13-16(9-10-17(18)19)8-6-4-5-7-15(3)20;1-2/h9-10,13-14H,4-8,11-12H2,1-3H3;1-2H3. The third-order valence-electron chi connectivity index (χ3n) is 3.44. The molecule has 0 fully saturated rings. The average Bonchev–Trinajstić information content (AvgIpc) is 2.51. The van der Waals surface area contributed by atoms with Crippen molar-refractivity contribution in [2.45, 2.75) is 73.1 Å². The fraction of sp³-hybridized carbons (Fsp3) is 0.650. The molecule has 0 saturated carbocycles. The van der Waals surface area contributed by atoms with Crippen molar-refractivity contribution in [2.75, 3.05) is 6.61 Å². The molecule has 3 heteroatoms. The van der Waals surface area contributed by atoms with Gasteiger partial charge in [-0.3, -0.25) is 0 Å². The second kappa shape index (κ2) is 13.1. The Morgan fingerprint density at radius 2 is 1.87 bits per heavy atom. The highest BCUT2D eigenvalue weighted by atomic mass is 19.1. The predicted octanol–water partition coefficient (Wildman–Crippen LogP) is 5.97. The Balaban J connectivity index is 0.00000232. The second-order valence-corrected chi connectivity index (χ2v) is 6.06. The van der Waals surface area contributed by atoms with Crippen LogP contribution >= 0.6 is 0 Å². The van der Waals surface area contributed by atoms with Crippen LogP contribution in [0, 0.1) is 11.7 Å². The van der Waals surface area contributed by atoms with Gasteiger partial charge >= 0.3 is 0 Å². The number of aryl methyl sites for hydroxylation is 1. The van der Waals surface area contributed by atoms with E-state index in [1.54, 1.807) is 13.0 Å². The first kappa shape index (κ1) is 21.6. The molecule has 23 heavy (non-hydrogen) atoms. The van der Waals surface area contributed by atoms with Crippen LogP contribution in [0.1, 0.15) is 72.3 Å². The van der Waals surface area contributed by atoms with E-state index >= 15 is 0 Å². The van der Waals surface area contributed by atoms with Gasteiger partial charge in [0, 0.05) is 6.42 Å². The molecule has 1 aromatic carbocycles. The van der Waals surface area contributed by atoms with Crippen molar-refractivity contribution in [1.29, 1.82) is 0 Å². The monoisotopic (exact) mass is 324 g/mol. The van der Waals surface area contributed by atoms with E-state index in [1.165, 1.54) is 6.07 Å². The number of ether oxygens (including phenoxy) is 1. The summed E-state index contributed by atoms with van der Waals surface area (Å²) in [4.78, 5) is 10.8. The van der Waals surface area contributed by atoms with Crippen molar-refractivity contribution < 1.29 is 13.9 Å². The number of rotatable bonds is 10. The van der Waals surface area contributed by atoms with E-state index in [-0.39, 0.29) is 11.6 Å². The Bertz CT molecular complexity index is 441. The summed E-state index contributed by atoms with van der Waals surface area (Å²) >= 11 is 0. The summed E-state index contributed by atoms with van der Waals surface area (Å²) in [6.45, 7) is 10.4. The Morgan fingerprint density at radius 3 is 2.48 bits per heavy atom. The maximum Gasteiger partial charge on any atom is 0.165 e. The molecule has 0 saturated heterocycles. The van der Waals surface area contributed by atoms with Crippen LogP contribution < -0.4 is 4.74 Å². The first-order chi connectivity index (χ1) is 11.0. The second-order valence-electron chi connectivity index (χ2n) is 6.06. The lowest BCUT2D eigenvalue weighted by atomic mass is 10.0. The van der Waals surface area contributed by atoms with E-state index in [0.29, 0.717) is 24.7 Å². The lowest BCUT2D eigenvalue weighted by Gasteiger charge is -2.10. The van der Waals surface area contributed by atoms with Gasteiger partial charge in [0.2, 0.25) is 0 Å². The number of hydrogen-bond donors (Lipinski definition) is 0. The number of carbonyl (C=O) groups is 1. The summed E-state index contributed by atoms with van der Waals surface area (Å²) in [5.41, 5.74) is 1.10. The third kappa shape index (κ3) is 10.9. The highest BCUT2D eigenvalue weighted by molar-refractivity contribution is 5.75. The molecular weight excluding hydrogens is 291 g/mol. The Morgan fingerprint density at radius 1 is 1.17 bits per heavy atom. The summed E-state index contributed by atoms with van der Waals surface area (Å²) in [6, 6.07) is 5.10. The molecule has 0 aliphatic heterocycles. The van der Waals surface area contributed by atoms with E-state index < -0.39 is 0 Å². The lowest BCUT2D eigenvalue weighted by Crippen LogP contribution is -2.03. The van der Waals surface area contributed by atoms with Gasteiger partial charge in [-0.2, -0.15) is 0 Å². The van der Waals surface area contributed by atoms with Crippen molar-refractivity contribution in [1.82, 2.24) is 0 Å². The van der Waals surface area contributed by atoms with E-state index in [2.05, 4.69) is 13.8 Å². The summed E-state index contributed by atoms with van der Waals surface area (Å²) in [6.07, 6.45) is 5.47. The van der Waals surface area contributed by atoms with Gasteiger partial charge in [-0.1, -0.05) is 40.2 Å². The zero-order valence-electron chi connectivity index (χ0n) is 15.5. The molecule has 1 rings (SSSR count). The normalized spacial score (nSPS) is 10.2. The van der Waals surface area contributed by atoms with Crippen LogP contribution in [-0.2, 0) is 11.2 Å². The van der Waals surface area contributed by atoms with E-state index in [9.17, 15) is 9.18 Å². The first-order valence-corrected chi connectivity index (χ1v) is 8.89. The molecule has 0 heterocycles. The van der Waals surface area contributed by atoms with Crippen LogP contribution in [0.4, 0.5) is 4.39 Å². The Kier molecular flexibility index (Phi) is 12.3. The zero-order valence-corrected chi connectivity index (χ0v) is 15.5. The minimum absolute atomic E-state index is 0.248.